The van der Waals surface area contributed by atoms with E-state index in [4.69, 9.17) is 27.9 Å². The largest absolute Gasteiger partial charge is 0.507 e. The van der Waals surface area contributed by atoms with Crippen molar-refractivity contribution >= 4 is 35.3 Å². The number of amides is 1. The molecule has 142 valence electrons. The fraction of sp³-hybridized carbons (Fsp3) is 0.0476. The SMILES string of the molecule is O=C(N/N=C/c1ccccc1OCc1ccc(Cl)cc1Cl)c1ccccc1O. The molecule has 5 nitrogen and oxygen atoms in total. The molecule has 0 saturated carbocycles. The van der Waals surface area contributed by atoms with Crippen LogP contribution in [0.4, 0.5) is 0 Å². The van der Waals surface area contributed by atoms with Crippen LogP contribution < -0.4 is 10.2 Å². The fourth-order valence-corrected chi connectivity index (χ4v) is 2.86. The van der Waals surface area contributed by atoms with Crippen molar-refractivity contribution in [3.8, 4) is 11.5 Å². The van der Waals surface area contributed by atoms with Gasteiger partial charge < -0.3 is 9.84 Å². The summed E-state index contributed by atoms with van der Waals surface area (Å²) in [5.41, 5.74) is 3.99. The normalized spacial score (nSPS) is 10.8. The second-order valence-electron chi connectivity index (χ2n) is 5.78. The van der Waals surface area contributed by atoms with E-state index in [2.05, 4.69) is 10.5 Å². The highest BCUT2D eigenvalue weighted by Crippen LogP contribution is 2.24. The molecule has 3 aromatic carbocycles. The Bertz CT molecular complexity index is 1020. The number of aromatic hydroxyl groups is 1. The van der Waals surface area contributed by atoms with Gasteiger partial charge in [0.25, 0.3) is 5.91 Å². The molecular weight excluding hydrogens is 399 g/mol. The minimum atomic E-state index is -0.513. The Balaban J connectivity index is 1.67. The average molecular weight is 415 g/mol. The molecule has 0 saturated heterocycles. The maximum absolute atomic E-state index is 12.1. The lowest BCUT2D eigenvalue weighted by atomic mass is 10.2. The maximum atomic E-state index is 12.1. The highest BCUT2D eigenvalue weighted by molar-refractivity contribution is 6.35. The van der Waals surface area contributed by atoms with E-state index >= 15 is 0 Å². The van der Waals surface area contributed by atoms with Crippen LogP contribution in [0.25, 0.3) is 0 Å². The van der Waals surface area contributed by atoms with Crippen molar-refractivity contribution in [3.63, 3.8) is 0 Å². The number of ether oxygens (including phenoxy) is 1. The zero-order valence-corrected chi connectivity index (χ0v) is 16.1. The Morgan fingerprint density at radius 2 is 1.82 bits per heavy atom. The molecule has 3 rings (SSSR count). The summed E-state index contributed by atoms with van der Waals surface area (Å²) in [7, 11) is 0. The Kier molecular flexibility index (Phi) is 6.53. The molecule has 0 radical (unpaired) electrons. The van der Waals surface area contributed by atoms with Crippen molar-refractivity contribution in [2.45, 2.75) is 6.61 Å². The molecule has 0 spiro atoms. The van der Waals surface area contributed by atoms with Gasteiger partial charge >= 0.3 is 0 Å². The van der Waals surface area contributed by atoms with Gasteiger partial charge in [-0.25, -0.2) is 5.43 Å². The molecule has 3 aromatic rings. The fourth-order valence-electron chi connectivity index (χ4n) is 2.40. The summed E-state index contributed by atoms with van der Waals surface area (Å²) in [6.45, 7) is 0.255. The first kappa shape index (κ1) is 19.7. The van der Waals surface area contributed by atoms with Crippen LogP contribution in [0, 0.1) is 0 Å². The second kappa shape index (κ2) is 9.26. The Morgan fingerprint density at radius 1 is 1.07 bits per heavy atom. The minimum Gasteiger partial charge on any atom is -0.507 e. The quantitative estimate of drug-likeness (QED) is 0.438. The lowest BCUT2D eigenvalue weighted by Crippen LogP contribution is -2.17. The third kappa shape index (κ3) is 5.03. The number of hydrazone groups is 1. The van der Waals surface area contributed by atoms with E-state index in [1.165, 1.54) is 18.3 Å². The van der Waals surface area contributed by atoms with E-state index < -0.39 is 5.91 Å². The van der Waals surface area contributed by atoms with E-state index in [0.717, 1.165) is 5.56 Å². The third-order valence-electron chi connectivity index (χ3n) is 3.84. The number of carbonyl (C=O) groups is 1. The number of phenols is 1. The summed E-state index contributed by atoms with van der Waals surface area (Å²) in [6, 6.07) is 18.7. The highest BCUT2D eigenvalue weighted by atomic mass is 35.5. The highest BCUT2D eigenvalue weighted by Gasteiger charge is 2.09. The van der Waals surface area contributed by atoms with Crippen LogP contribution in [0.15, 0.2) is 71.8 Å². The van der Waals surface area contributed by atoms with Gasteiger partial charge in [-0.05, 0) is 36.4 Å². The standard InChI is InChI=1S/C21H16Cl2N2O3/c22-16-10-9-15(18(23)11-16)13-28-20-8-4-1-5-14(20)12-24-25-21(27)17-6-2-3-7-19(17)26/h1-12,26H,13H2,(H,25,27)/b24-12+. The van der Waals surface area contributed by atoms with Crippen LogP contribution in [0.3, 0.4) is 0 Å². The molecule has 0 bridgehead atoms. The number of hydrogen-bond acceptors (Lipinski definition) is 4. The van der Waals surface area contributed by atoms with E-state index in [1.807, 2.05) is 12.1 Å². The number of nitrogens with one attached hydrogen (secondary N) is 1. The van der Waals surface area contributed by atoms with Crippen molar-refractivity contribution < 1.29 is 14.6 Å². The second-order valence-corrected chi connectivity index (χ2v) is 6.62. The predicted molar refractivity (Wildman–Crippen MR) is 110 cm³/mol. The van der Waals surface area contributed by atoms with Crippen molar-refractivity contribution in [3.05, 3.63) is 93.5 Å². The van der Waals surface area contributed by atoms with Crippen molar-refractivity contribution in [1.82, 2.24) is 5.43 Å². The molecule has 0 heterocycles. The average Bonchev–Trinajstić information content (AvgIpc) is 2.68. The van der Waals surface area contributed by atoms with Crippen molar-refractivity contribution in [1.29, 1.82) is 0 Å². The van der Waals surface area contributed by atoms with Crippen LogP contribution in [0.5, 0.6) is 11.5 Å². The molecule has 7 heteroatoms. The molecule has 0 unspecified atom stereocenters. The van der Waals surface area contributed by atoms with E-state index in [0.29, 0.717) is 21.4 Å². The van der Waals surface area contributed by atoms with E-state index in [-0.39, 0.29) is 17.9 Å². The van der Waals surface area contributed by atoms with Crippen LogP contribution in [-0.2, 0) is 6.61 Å². The first-order chi connectivity index (χ1) is 13.5. The Labute approximate surface area is 172 Å². The van der Waals surface area contributed by atoms with Gasteiger partial charge in [0.1, 0.15) is 18.1 Å². The van der Waals surface area contributed by atoms with E-state index in [9.17, 15) is 9.90 Å². The van der Waals surface area contributed by atoms with Crippen molar-refractivity contribution in [2.75, 3.05) is 0 Å². The number of phenolic OH excluding ortho intramolecular Hbond substituents is 1. The van der Waals surface area contributed by atoms with Crippen LogP contribution >= 0.6 is 23.2 Å². The number of nitrogens with zero attached hydrogens (tertiary/aromatic N) is 1. The molecule has 0 aromatic heterocycles. The minimum absolute atomic E-state index is 0.112. The summed E-state index contributed by atoms with van der Waals surface area (Å²) in [6.07, 6.45) is 1.47. The molecule has 1 amide bonds. The maximum Gasteiger partial charge on any atom is 0.275 e. The molecule has 2 N–H and O–H groups in total. The van der Waals surface area contributed by atoms with E-state index in [1.54, 1.807) is 42.5 Å². The number of hydrogen-bond donors (Lipinski definition) is 2. The molecule has 0 atom stereocenters. The summed E-state index contributed by atoms with van der Waals surface area (Å²) in [5.74, 6) is -0.0476. The summed E-state index contributed by atoms with van der Waals surface area (Å²) in [4.78, 5) is 12.1. The first-order valence-electron chi connectivity index (χ1n) is 8.32. The lowest BCUT2D eigenvalue weighted by Gasteiger charge is -2.10. The summed E-state index contributed by atoms with van der Waals surface area (Å²) in [5, 5.41) is 14.7. The molecule has 0 aliphatic heterocycles. The Hall–Kier alpha value is -3.02. The first-order valence-corrected chi connectivity index (χ1v) is 9.07. The Morgan fingerprint density at radius 3 is 2.61 bits per heavy atom. The summed E-state index contributed by atoms with van der Waals surface area (Å²) < 4.78 is 5.83. The van der Waals surface area contributed by atoms with Gasteiger partial charge in [-0.1, -0.05) is 53.5 Å². The number of para-hydroxylation sites is 2. The van der Waals surface area contributed by atoms with Gasteiger partial charge in [0, 0.05) is 21.2 Å². The molecular formula is C21H16Cl2N2O3. The van der Waals surface area contributed by atoms with Gasteiger partial charge in [0.15, 0.2) is 0 Å². The monoisotopic (exact) mass is 414 g/mol. The van der Waals surface area contributed by atoms with Gasteiger partial charge in [0.2, 0.25) is 0 Å². The molecule has 0 aliphatic rings. The predicted octanol–water partition coefficient (Wildman–Crippen LogP) is 5.04. The van der Waals surface area contributed by atoms with Gasteiger partial charge in [0.05, 0.1) is 11.8 Å². The third-order valence-corrected chi connectivity index (χ3v) is 4.42. The number of halogens is 2. The zero-order chi connectivity index (χ0) is 19.9. The van der Waals surface area contributed by atoms with Gasteiger partial charge in [-0.2, -0.15) is 5.10 Å². The number of rotatable bonds is 6. The van der Waals surface area contributed by atoms with Gasteiger partial charge in [-0.3, -0.25) is 4.79 Å². The van der Waals surface area contributed by atoms with Crippen LogP contribution in [0.1, 0.15) is 21.5 Å². The van der Waals surface area contributed by atoms with Crippen molar-refractivity contribution in [2.24, 2.45) is 5.10 Å². The lowest BCUT2D eigenvalue weighted by molar-refractivity contribution is 0.0952. The number of benzene rings is 3. The molecule has 0 fully saturated rings. The smallest absolute Gasteiger partial charge is 0.275 e. The van der Waals surface area contributed by atoms with Crippen LogP contribution in [0.2, 0.25) is 10.0 Å². The topological polar surface area (TPSA) is 70.9 Å². The van der Waals surface area contributed by atoms with Crippen LogP contribution in [-0.4, -0.2) is 17.2 Å². The summed E-state index contributed by atoms with van der Waals surface area (Å²) >= 11 is 12.1. The zero-order valence-electron chi connectivity index (χ0n) is 14.6. The van der Waals surface area contributed by atoms with Gasteiger partial charge in [-0.15, -0.1) is 0 Å². The molecule has 28 heavy (non-hydrogen) atoms. The molecule has 0 aliphatic carbocycles. The number of carbonyl (C=O) groups excluding carboxylic acids is 1.